The Kier molecular flexibility index (Phi) is 7.94. The molecule has 0 atom stereocenters. The number of hydrogen-bond donors (Lipinski definition) is 0. The Hall–Kier alpha value is -3.01. The number of aryl methyl sites for hydroxylation is 2. The quantitative estimate of drug-likeness (QED) is 0.313. The Balaban J connectivity index is 1.79. The summed E-state index contributed by atoms with van der Waals surface area (Å²) in [6.07, 6.45) is 4.59. The van der Waals surface area contributed by atoms with Gasteiger partial charge in [-0.25, -0.2) is 8.78 Å². The minimum atomic E-state index is -0.605. The van der Waals surface area contributed by atoms with Crippen molar-refractivity contribution >= 4 is 11.8 Å². The molecular weight excluding hydrogens is 406 g/mol. The molecule has 0 nitrogen and oxygen atoms in total. The van der Waals surface area contributed by atoms with E-state index in [9.17, 15) is 8.78 Å². The highest BCUT2D eigenvalue weighted by Crippen LogP contribution is 2.18. The fraction of sp³-hybridized carbons (Fsp3) is 0.214. The van der Waals surface area contributed by atoms with E-state index in [4.69, 9.17) is 0 Å². The minimum absolute atomic E-state index is 0.183. The van der Waals surface area contributed by atoms with Crippen molar-refractivity contribution in [1.29, 1.82) is 0 Å². The Labute approximate surface area is 188 Å². The van der Waals surface area contributed by atoms with E-state index >= 15 is 0 Å². The molecule has 3 aromatic carbocycles. The predicted molar refractivity (Wildman–Crippen MR) is 126 cm³/mol. The van der Waals surface area contributed by atoms with Crippen molar-refractivity contribution in [2.24, 2.45) is 0 Å². The number of halogens is 2. The van der Waals surface area contributed by atoms with Gasteiger partial charge in [0.2, 0.25) is 0 Å². The Bertz CT molecular complexity index is 1160. The topological polar surface area (TPSA) is 0 Å². The van der Waals surface area contributed by atoms with E-state index in [0.717, 1.165) is 35.1 Å². The summed E-state index contributed by atoms with van der Waals surface area (Å²) in [5, 5.41) is 0. The second-order valence-corrected chi connectivity index (χ2v) is 8.18. The van der Waals surface area contributed by atoms with Crippen LogP contribution in [-0.4, -0.2) is 6.26 Å². The number of rotatable bonds is 4. The van der Waals surface area contributed by atoms with Crippen LogP contribution >= 0.6 is 11.8 Å². The molecule has 0 heterocycles. The average molecular weight is 431 g/mol. The highest BCUT2D eigenvalue weighted by Gasteiger charge is 2.09. The van der Waals surface area contributed by atoms with E-state index in [1.54, 1.807) is 11.8 Å². The molecular formula is C28H24F2S. The largest absolute Gasteiger partial charge is 0.206 e. The first-order chi connectivity index (χ1) is 15.0. The molecule has 0 aliphatic heterocycles. The second-order valence-electron chi connectivity index (χ2n) is 7.30. The maximum atomic E-state index is 14.4. The van der Waals surface area contributed by atoms with Gasteiger partial charge in [0.05, 0.1) is 5.56 Å². The SMILES string of the molecule is CCCCc1cc(F)c(C#Cc2ccc(C#Cc3ccc(SC)cc3)cc2C)c(F)c1. The molecule has 0 bridgehead atoms. The van der Waals surface area contributed by atoms with Gasteiger partial charge in [-0.3, -0.25) is 0 Å². The number of unbranched alkanes of at least 4 members (excludes halogenated alkanes) is 1. The summed E-state index contributed by atoms with van der Waals surface area (Å²) in [4.78, 5) is 1.20. The van der Waals surface area contributed by atoms with Crippen LogP contribution in [0, 0.1) is 42.2 Å². The van der Waals surface area contributed by atoms with Gasteiger partial charge in [-0.05, 0) is 91.7 Å². The Morgan fingerprint density at radius 1 is 0.806 bits per heavy atom. The van der Waals surface area contributed by atoms with Crippen molar-refractivity contribution in [2.45, 2.75) is 38.0 Å². The zero-order chi connectivity index (χ0) is 22.2. The summed E-state index contributed by atoms with van der Waals surface area (Å²) < 4.78 is 28.7. The number of thioether (sulfide) groups is 1. The predicted octanol–water partition coefficient (Wildman–Crippen LogP) is 7.14. The van der Waals surface area contributed by atoms with Crippen LogP contribution in [0.1, 0.15) is 53.1 Å². The fourth-order valence-corrected chi connectivity index (χ4v) is 3.51. The van der Waals surface area contributed by atoms with Gasteiger partial charge >= 0.3 is 0 Å². The molecule has 0 amide bonds. The molecule has 3 heteroatoms. The van der Waals surface area contributed by atoms with Crippen molar-refractivity contribution in [3.8, 4) is 23.7 Å². The third-order valence-corrected chi connectivity index (χ3v) is 5.65. The van der Waals surface area contributed by atoms with E-state index in [1.807, 2.05) is 55.6 Å². The zero-order valence-electron chi connectivity index (χ0n) is 18.0. The molecule has 0 radical (unpaired) electrons. The average Bonchev–Trinajstić information content (AvgIpc) is 2.77. The molecule has 3 aromatic rings. The van der Waals surface area contributed by atoms with E-state index in [2.05, 4.69) is 30.6 Å². The first-order valence-corrected chi connectivity index (χ1v) is 11.5. The molecule has 0 saturated heterocycles. The standard InChI is InChI=1S/C28H24F2S/c1-4-5-6-23-18-27(29)26(28(30)19-23)16-13-24-12-9-22(17-20(24)2)8-7-21-10-14-25(31-3)15-11-21/h9-12,14-15,17-19H,4-6H2,1-3H3. The third kappa shape index (κ3) is 6.24. The van der Waals surface area contributed by atoms with Gasteiger partial charge in [0.15, 0.2) is 0 Å². The lowest BCUT2D eigenvalue weighted by molar-refractivity contribution is 0.572. The normalized spacial score (nSPS) is 10.1. The third-order valence-electron chi connectivity index (χ3n) is 4.91. The lowest BCUT2D eigenvalue weighted by atomic mass is 10.0. The van der Waals surface area contributed by atoms with Crippen LogP contribution in [0.25, 0.3) is 0 Å². The Morgan fingerprint density at radius 2 is 1.45 bits per heavy atom. The maximum absolute atomic E-state index is 14.4. The highest BCUT2D eigenvalue weighted by molar-refractivity contribution is 7.98. The van der Waals surface area contributed by atoms with Crippen molar-refractivity contribution in [1.82, 2.24) is 0 Å². The van der Waals surface area contributed by atoms with Crippen LogP contribution in [0.2, 0.25) is 0 Å². The van der Waals surface area contributed by atoms with Crippen molar-refractivity contribution < 1.29 is 8.78 Å². The molecule has 0 N–H and O–H groups in total. The Morgan fingerprint density at radius 3 is 2.06 bits per heavy atom. The van der Waals surface area contributed by atoms with Gasteiger partial charge in [-0.2, -0.15) is 0 Å². The van der Waals surface area contributed by atoms with Crippen LogP contribution in [-0.2, 0) is 6.42 Å². The van der Waals surface area contributed by atoms with Crippen LogP contribution in [0.15, 0.2) is 59.5 Å². The van der Waals surface area contributed by atoms with Gasteiger partial charge in [-0.15, -0.1) is 11.8 Å². The zero-order valence-corrected chi connectivity index (χ0v) is 18.8. The molecule has 0 unspecified atom stereocenters. The first-order valence-electron chi connectivity index (χ1n) is 10.3. The van der Waals surface area contributed by atoms with Gasteiger partial charge < -0.3 is 0 Å². The smallest absolute Gasteiger partial charge is 0.142 e. The fourth-order valence-electron chi connectivity index (χ4n) is 3.10. The van der Waals surface area contributed by atoms with Crippen LogP contribution < -0.4 is 0 Å². The van der Waals surface area contributed by atoms with Crippen LogP contribution in [0.5, 0.6) is 0 Å². The molecule has 156 valence electrons. The summed E-state index contributed by atoms with van der Waals surface area (Å²) in [7, 11) is 0. The van der Waals surface area contributed by atoms with Crippen molar-refractivity contribution in [3.63, 3.8) is 0 Å². The maximum Gasteiger partial charge on any atom is 0.142 e. The van der Waals surface area contributed by atoms with Crippen molar-refractivity contribution in [3.05, 3.63) is 99.6 Å². The van der Waals surface area contributed by atoms with Gasteiger partial charge in [-0.1, -0.05) is 37.0 Å². The molecule has 0 aromatic heterocycles. The van der Waals surface area contributed by atoms with Gasteiger partial charge in [0.1, 0.15) is 11.6 Å². The second kappa shape index (κ2) is 10.9. The molecule has 3 rings (SSSR count). The molecule has 0 aliphatic rings. The van der Waals surface area contributed by atoms with Gasteiger partial charge in [0.25, 0.3) is 0 Å². The minimum Gasteiger partial charge on any atom is -0.206 e. The van der Waals surface area contributed by atoms with E-state index in [0.29, 0.717) is 12.0 Å². The molecule has 31 heavy (non-hydrogen) atoms. The van der Waals surface area contributed by atoms with Crippen LogP contribution in [0.3, 0.4) is 0 Å². The lowest BCUT2D eigenvalue weighted by Crippen LogP contribution is -1.95. The molecule has 0 aliphatic carbocycles. The van der Waals surface area contributed by atoms with Crippen molar-refractivity contribution in [2.75, 3.05) is 6.26 Å². The highest BCUT2D eigenvalue weighted by atomic mass is 32.2. The number of benzene rings is 3. The summed E-state index contributed by atoms with van der Waals surface area (Å²) >= 11 is 1.70. The summed E-state index contributed by atoms with van der Waals surface area (Å²) in [5.74, 6) is 10.7. The monoisotopic (exact) mass is 430 g/mol. The van der Waals surface area contributed by atoms with Gasteiger partial charge in [0, 0.05) is 21.6 Å². The molecule has 0 fully saturated rings. The summed E-state index contributed by atoms with van der Waals surface area (Å²) in [5.41, 5.74) is 3.95. The number of hydrogen-bond acceptors (Lipinski definition) is 1. The molecule has 0 spiro atoms. The van der Waals surface area contributed by atoms with E-state index < -0.39 is 11.6 Å². The first kappa shape index (κ1) is 22.7. The summed E-state index contributed by atoms with van der Waals surface area (Å²) in [6.45, 7) is 3.97. The van der Waals surface area contributed by atoms with Crippen LogP contribution in [0.4, 0.5) is 8.78 Å². The summed E-state index contributed by atoms with van der Waals surface area (Å²) in [6, 6.07) is 16.5. The molecule has 0 saturated carbocycles. The lowest BCUT2D eigenvalue weighted by Gasteiger charge is -2.04. The van der Waals surface area contributed by atoms with E-state index in [1.165, 1.54) is 17.0 Å². The van der Waals surface area contributed by atoms with E-state index in [-0.39, 0.29) is 5.56 Å².